The van der Waals surface area contributed by atoms with Crippen LogP contribution in [0.4, 0.5) is 5.69 Å². The summed E-state index contributed by atoms with van der Waals surface area (Å²) in [5, 5.41) is -0.521. The number of hydrogen-bond donors (Lipinski definition) is 0. The van der Waals surface area contributed by atoms with E-state index in [9.17, 15) is 9.59 Å². The molecule has 2 rings (SSSR count). The van der Waals surface area contributed by atoms with Gasteiger partial charge in [-0.15, -0.1) is 11.6 Å². The van der Waals surface area contributed by atoms with Crippen LogP contribution in [-0.4, -0.2) is 23.6 Å². The van der Waals surface area contributed by atoms with Crippen molar-refractivity contribution < 1.29 is 9.59 Å². The minimum absolute atomic E-state index is 0.0184. The molecule has 0 aliphatic carbocycles. The molecule has 0 fully saturated rings. The number of nitrogens with zero attached hydrogens (tertiary/aromatic N) is 1. The van der Waals surface area contributed by atoms with E-state index in [2.05, 4.69) is 0 Å². The van der Waals surface area contributed by atoms with Crippen LogP contribution >= 0.6 is 11.6 Å². The van der Waals surface area contributed by atoms with Gasteiger partial charge in [0.1, 0.15) is 0 Å². The van der Waals surface area contributed by atoms with Crippen LogP contribution in [0.3, 0.4) is 0 Å². The van der Waals surface area contributed by atoms with E-state index in [0.717, 1.165) is 17.7 Å². The minimum Gasteiger partial charge on any atom is -0.312 e. The minimum atomic E-state index is -0.521. The van der Waals surface area contributed by atoms with Gasteiger partial charge in [0, 0.05) is 23.7 Å². The summed E-state index contributed by atoms with van der Waals surface area (Å²) in [7, 11) is 0. The third-order valence-corrected chi connectivity index (χ3v) is 3.58. The SMILES string of the molecule is CC(C)C(=O)N1CCc2cc(C(=O)C(C)Cl)ccc21. The third kappa shape index (κ3) is 2.66. The lowest BCUT2D eigenvalue weighted by Crippen LogP contribution is -2.32. The van der Waals surface area contributed by atoms with Crippen molar-refractivity contribution in [3.05, 3.63) is 29.3 Å². The maximum Gasteiger partial charge on any atom is 0.229 e. The molecule has 1 unspecified atom stereocenters. The number of halogens is 1. The van der Waals surface area contributed by atoms with Crippen LogP contribution in [0, 0.1) is 5.92 Å². The van der Waals surface area contributed by atoms with Crippen molar-refractivity contribution in [1.29, 1.82) is 0 Å². The fourth-order valence-corrected chi connectivity index (χ4v) is 2.45. The summed E-state index contributed by atoms with van der Waals surface area (Å²) in [6.45, 7) is 6.16. The smallest absolute Gasteiger partial charge is 0.229 e. The van der Waals surface area contributed by atoms with Gasteiger partial charge in [0.15, 0.2) is 5.78 Å². The number of benzene rings is 1. The summed E-state index contributed by atoms with van der Waals surface area (Å²) in [5.41, 5.74) is 2.61. The highest BCUT2D eigenvalue weighted by molar-refractivity contribution is 6.33. The fourth-order valence-electron chi connectivity index (χ4n) is 2.33. The monoisotopic (exact) mass is 279 g/mol. The second-order valence-corrected chi connectivity index (χ2v) is 5.87. The molecule has 102 valence electrons. The Kier molecular flexibility index (Phi) is 3.95. The number of carbonyl (C=O) groups excluding carboxylic acids is 2. The average molecular weight is 280 g/mol. The van der Waals surface area contributed by atoms with E-state index < -0.39 is 5.38 Å². The molecule has 1 atom stereocenters. The molecule has 1 aromatic rings. The van der Waals surface area contributed by atoms with Crippen LogP contribution in [-0.2, 0) is 11.2 Å². The van der Waals surface area contributed by atoms with Crippen LogP contribution in [0.5, 0.6) is 0 Å². The Hall–Kier alpha value is -1.35. The molecule has 0 saturated carbocycles. The molecule has 19 heavy (non-hydrogen) atoms. The highest BCUT2D eigenvalue weighted by Gasteiger charge is 2.27. The average Bonchev–Trinajstić information content (AvgIpc) is 2.79. The van der Waals surface area contributed by atoms with E-state index in [-0.39, 0.29) is 17.6 Å². The number of carbonyl (C=O) groups is 2. The quantitative estimate of drug-likeness (QED) is 0.630. The van der Waals surface area contributed by atoms with E-state index in [1.807, 2.05) is 26.0 Å². The van der Waals surface area contributed by atoms with Gasteiger partial charge in [0.25, 0.3) is 0 Å². The lowest BCUT2D eigenvalue weighted by Gasteiger charge is -2.19. The number of anilines is 1. The van der Waals surface area contributed by atoms with Gasteiger partial charge in [-0.1, -0.05) is 13.8 Å². The van der Waals surface area contributed by atoms with Gasteiger partial charge in [-0.2, -0.15) is 0 Å². The first-order valence-electron chi connectivity index (χ1n) is 6.54. The van der Waals surface area contributed by atoms with Crippen LogP contribution in [0.1, 0.15) is 36.7 Å². The highest BCUT2D eigenvalue weighted by atomic mass is 35.5. The van der Waals surface area contributed by atoms with E-state index in [1.165, 1.54) is 0 Å². The Morgan fingerprint density at radius 1 is 1.26 bits per heavy atom. The summed E-state index contributed by atoms with van der Waals surface area (Å²) in [6, 6.07) is 5.48. The second kappa shape index (κ2) is 5.33. The van der Waals surface area contributed by atoms with Gasteiger partial charge in [-0.25, -0.2) is 0 Å². The fraction of sp³-hybridized carbons (Fsp3) is 0.467. The van der Waals surface area contributed by atoms with Gasteiger partial charge in [-0.3, -0.25) is 9.59 Å². The molecule has 1 heterocycles. The molecule has 1 aliphatic heterocycles. The van der Waals surface area contributed by atoms with Gasteiger partial charge in [0.2, 0.25) is 5.91 Å². The summed E-state index contributed by atoms with van der Waals surface area (Å²) >= 11 is 5.82. The predicted octanol–water partition coefficient (Wildman–Crippen LogP) is 3.04. The van der Waals surface area contributed by atoms with Crippen molar-refractivity contribution in [3.8, 4) is 0 Å². The van der Waals surface area contributed by atoms with Gasteiger partial charge in [0.05, 0.1) is 5.38 Å². The Morgan fingerprint density at radius 3 is 2.53 bits per heavy atom. The molecule has 3 nitrogen and oxygen atoms in total. The van der Waals surface area contributed by atoms with Crippen molar-refractivity contribution in [2.75, 3.05) is 11.4 Å². The van der Waals surface area contributed by atoms with Crippen LogP contribution in [0.2, 0.25) is 0 Å². The molecule has 4 heteroatoms. The van der Waals surface area contributed by atoms with Crippen molar-refractivity contribution in [1.82, 2.24) is 0 Å². The van der Waals surface area contributed by atoms with Crippen molar-refractivity contribution >= 4 is 29.0 Å². The number of ketones is 1. The Labute approximate surface area is 118 Å². The van der Waals surface area contributed by atoms with Gasteiger partial charge < -0.3 is 4.90 Å². The van der Waals surface area contributed by atoms with Crippen LogP contribution in [0.15, 0.2) is 18.2 Å². The molecule has 0 saturated heterocycles. The molecular formula is C15H18ClNO2. The summed E-state index contributed by atoms with van der Waals surface area (Å²) in [5.74, 6) is 0.0387. The maximum absolute atomic E-state index is 12.1. The van der Waals surface area contributed by atoms with E-state index >= 15 is 0 Å². The zero-order chi connectivity index (χ0) is 14.2. The highest BCUT2D eigenvalue weighted by Crippen LogP contribution is 2.30. The third-order valence-electron chi connectivity index (χ3n) is 3.38. The Bertz CT molecular complexity index is 523. The van der Waals surface area contributed by atoms with Gasteiger partial charge in [-0.05, 0) is 37.1 Å². The topological polar surface area (TPSA) is 37.4 Å². The normalized spacial score (nSPS) is 15.5. The lowest BCUT2D eigenvalue weighted by molar-refractivity contribution is -0.121. The van der Waals surface area contributed by atoms with E-state index in [1.54, 1.807) is 17.9 Å². The molecule has 0 spiro atoms. The van der Waals surface area contributed by atoms with Gasteiger partial charge >= 0.3 is 0 Å². The van der Waals surface area contributed by atoms with Crippen molar-refractivity contribution in [2.45, 2.75) is 32.6 Å². The Balaban J connectivity index is 2.30. The molecule has 1 aromatic carbocycles. The summed E-state index contributed by atoms with van der Waals surface area (Å²) < 4.78 is 0. The molecule has 0 radical (unpaired) electrons. The number of Topliss-reactive ketones (excluding diaryl/α,β-unsaturated/α-hetero) is 1. The number of alkyl halides is 1. The van der Waals surface area contributed by atoms with Crippen molar-refractivity contribution in [2.24, 2.45) is 5.92 Å². The summed E-state index contributed by atoms with van der Waals surface area (Å²) in [6.07, 6.45) is 0.797. The van der Waals surface area contributed by atoms with Crippen molar-refractivity contribution in [3.63, 3.8) is 0 Å². The van der Waals surface area contributed by atoms with E-state index in [4.69, 9.17) is 11.6 Å². The van der Waals surface area contributed by atoms with E-state index in [0.29, 0.717) is 12.1 Å². The number of hydrogen-bond acceptors (Lipinski definition) is 2. The number of fused-ring (bicyclic) bond motifs is 1. The largest absolute Gasteiger partial charge is 0.312 e. The van der Waals surface area contributed by atoms with Crippen LogP contribution < -0.4 is 4.90 Å². The standard InChI is InChI=1S/C15H18ClNO2/c1-9(2)15(19)17-7-6-11-8-12(4-5-13(11)17)14(18)10(3)16/h4-5,8-10H,6-7H2,1-3H3. The molecule has 1 aliphatic rings. The number of amides is 1. The zero-order valence-electron chi connectivity index (χ0n) is 11.4. The second-order valence-electron chi connectivity index (χ2n) is 5.22. The molecule has 0 bridgehead atoms. The lowest BCUT2D eigenvalue weighted by atomic mass is 10.0. The first-order chi connectivity index (χ1) is 8.91. The Morgan fingerprint density at radius 2 is 1.95 bits per heavy atom. The number of rotatable bonds is 3. The molecule has 0 N–H and O–H groups in total. The van der Waals surface area contributed by atoms with Crippen LogP contribution in [0.25, 0.3) is 0 Å². The predicted molar refractivity (Wildman–Crippen MR) is 77.0 cm³/mol. The molecule has 1 amide bonds. The summed E-state index contributed by atoms with van der Waals surface area (Å²) in [4.78, 5) is 25.7. The molecular weight excluding hydrogens is 262 g/mol. The molecule has 0 aromatic heterocycles. The zero-order valence-corrected chi connectivity index (χ0v) is 12.2. The first kappa shape index (κ1) is 14.1. The first-order valence-corrected chi connectivity index (χ1v) is 6.98. The maximum atomic E-state index is 12.1.